The minimum Gasteiger partial charge on any atom is -0.443 e. The number of nitrogens with zero attached hydrogens (tertiary/aromatic N) is 2. The van der Waals surface area contributed by atoms with Gasteiger partial charge in [0.2, 0.25) is 0 Å². The third-order valence-electron chi connectivity index (χ3n) is 3.57. The van der Waals surface area contributed by atoms with Gasteiger partial charge in [0, 0.05) is 40.6 Å². The minimum atomic E-state index is -0.508. The summed E-state index contributed by atoms with van der Waals surface area (Å²) in [7, 11) is 0. The fourth-order valence-electron chi connectivity index (χ4n) is 2.52. The largest absolute Gasteiger partial charge is 0.443 e. The summed E-state index contributed by atoms with van der Waals surface area (Å²) in [6.45, 7) is 7.57. The SMILES string of the molecule is Cc1ncccc1-c1ccc2cn(C(=O)OC(C)(C)C)cc2c1. The average Bonchev–Trinajstić information content (AvgIpc) is 2.89. The molecule has 0 unspecified atom stereocenters. The second-order valence-electron chi connectivity index (χ2n) is 6.63. The zero-order chi connectivity index (χ0) is 16.6. The highest BCUT2D eigenvalue weighted by Gasteiger charge is 2.18. The maximum Gasteiger partial charge on any atom is 0.418 e. The first kappa shape index (κ1) is 15.3. The number of carbonyl (C=O) groups excluding carboxylic acids is 1. The van der Waals surface area contributed by atoms with Gasteiger partial charge in [-0.2, -0.15) is 0 Å². The van der Waals surface area contributed by atoms with Gasteiger partial charge >= 0.3 is 6.09 Å². The quantitative estimate of drug-likeness (QED) is 0.649. The van der Waals surface area contributed by atoms with E-state index in [-0.39, 0.29) is 6.09 Å². The lowest BCUT2D eigenvalue weighted by molar-refractivity contribution is 0.0538. The molecule has 0 amide bonds. The number of rotatable bonds is 1. The first-order chi connectivity index (χ1) is 10.8. The molecule has 0 N–H and O–H groups in total. The molecule has 0 aliphatic heterocycles. The molecule has 0 aliphatic carbocycles. The second kappa shape index (κ2) is 5.54. The molecule has 3 rings (SSSR count). The molecule has 118 valence electrons. The van der Waals surface area contributed by atoms with E-state index in [0.29, 0.717) is 0 Å². The molecule has 0 aliphatic rings. The Kier molecular flexibility index (Phi) is 3.68. The summed E-state index contributed by atoms with van der Waals surface area (Å²) in [4.78, 5) is 16.5. The summed E-state index contributed by atoms with van der Waals surface area (Å²) in [5.74, 6) is 0. The fraction of sp³-hybridized carbons (Fsp3) is 0.263. The van der Waals surface area contributed by atoms with E-state index in [1.165, 1.54) is 4.57 Å². The van der Waals surface area contributed by atoms with Crippen molar-refractivity contribution in [2.45, 2.75) is 33.3 Å². The molecule has 2 heterocycles. The van der Waals surface area contributed by atoms with Gasteiger partial charge in [0.1, 0.15) is 5.60 Å². The van der Waals surface area contributed by atoms with Crippen LogP contribution in [0, 0.1) is 6.92 Å². The van der Waals surface area contributed by atoms with Gasteiger partial charge in [-0.25, -0.2) is 4.79 Å². The molecule has 0 atom stereocenters. The highest BCUT2D eigenvalue weighted by atomic mass is 16.6. The van der Waals surface area contributed by atoms with Crippen molar-refractivity contribution >= 4 is 16.9 Å². The summed E-state index contributed by atoms with van der Waals surface area (Å²) in [5.41, 5.74) is 2.66. The van der Waals surface area contributed by atoms with Crippen molar-refractivity contribution in [1.82, 2.24) is 9.55 Å². The van der Waals surface area contributed by atoms with E-state index in [4.69, 9.17) is 4.74 Å². The number of hydrogen-bond donors (Lipinski definition) is 0. The summed E-state index contributed by atoms with van der Waals surface area (Å²) < 4.78 is 6.90. The summed E-state index contributed by atoms with van der Waals surface area (Å²) in [6, 6.07) is 10.1. The molecular formula is C19H20N2O2. The number of ether oxygens (including phenoxy) is 1. The normalized spacial score (nSPS) is 11.7. The van der Waals surface area contributed by atoms with Crippen LogP contribution in [0.15, 0.2) is 48.9 Å². The maximum atomic E-state index is 12.2. The number of hydrogen-bond acceptors (Lipinski definition) is 3. The van der Waals surface area contributed by atoms with Crippen molar-refractivity contribution in [2.24, 2.45) is 0 Å². The zero-order valence-corrected chi connectivity index (χ0v) is 13.8. The van der Waals surface area contributed by atoms with Gasteiger partial charge in [0.25, 0.3) is 0 Å². The summed E-state index contributed by atoms with van der Waals surface area (Å²) in [6.07, 6.45) is 5.02. The molecule has 2 aromatic heterocycles. The topological polar surface area (TPSA) is 44.1 Å². The Labute approximate surface area is 135 Å². The Hall–Kier alpha value is -2.62. The van der Waals surface area contributed by atoms with Crippen LogP contribution in [0.1, 0.15) is 26.5 Å². The summed E-state index contributed by atoms with van der Waals surface area (Å²) >= 11 is 0. The van der Waals surface area contributed by atoms with Gasteiger partial charge in [-0.05, 0) is 45.4 Å². The highest BCUT2D eigenvalue weighted by Crippen LogP contribution is 2.26. The Morgan fingerprint density at radius 1 is 1.13 bits per heavy atom. The van der Waals surface area contributed by atoms with Crippen molar-refractivity contribution in [3.05, 3.63) is 54.6 Å². The van der Waals surface area contributed by atoms with Crippen LogP contribution in [0.3, 0.4) is 0 Å². The lowest BCUT2D eigenvalue weighted by Crippen LogP contribution is -2.26. The van der Waals surface area contributed by atoms with Crippen LogP contribution in [0.4, 0.5) is 4.79 Å². The highest BCUT2D eigenvalue weighted by molar-refractivity contribution is 5.90. The van der Waals surface area contributed by atoms with E-state index < -0.39 is 5.60 Å². The monoisotopic (exact) mass is 308 g/mol. The van der Waals surface area contributed by atoms with Crippen LogP contribution in [-0.4, -0.2) is 21.2 Å². The smallest absolute Gasteiger partial charge is 0.418 e. The van der Waals surface area contributed by atoms with Crippen LogP contribution in [0.2, 0.25) is 0 Å². The van der Waals surface area contributed by atoms with Crippen molar-refractivity contribution in [2.75, 3.05) is 0 Å². The lowest BCUT2D eigenvalue weighted by atomic mass is 10.0. The molecule has 1 aromatic carbocycles. The molecule has 0 saturated heterocycles. The number of fused-ring (bicyclic) bond motifs is 1. The molecule has 23 heavy (non-hydrogen) atoms. The maximum absolute atomic E-state index is 12.2. The van der Waals surface area contributed by atoms with Gasteiger partial charge < -0.3 is 4.74 Å². The predicted octanol–water partition coefficient (Wildman–Crippen LogP) is 4.79. The van der Waals surface area contributed by atoms with Gasteiger partial charge in [0.15, 0.2) is 0 Å². The van der Waals surface area contributed by atoms with E-state index in [0.717, 1.165) is 27.6 Å². The van der Waals surface area contributed by atoms with E-state index in [9.17, 15) is 4.79 Å². The molecule has 3 aromatic rings. The van der Waals surface area contributed by atoms with Crippen molar-refractivity contribution < 1.29 is 9.53 Å². The number of pyridine rings is 1. The number of benzene rings is 1. The van der Waals surface area contributed by atoms with Crippen LogP contribution in [-0.2, 0) is 4.74 Å². The van der Waals surface area contributed by atoms with Crippen LogP contribution in [0.5, 0.6) is 0 Å². The van der Waals surface area contributed by atoms with Crippen molar-refractivity contribution in [1.29, 1.82) is 0 Å². The number of aromatic nitrogens is 2. The molecule has 4 heteroatoms. The van der Waals surface area contributed by atoms with Gasteiger partial charge in [0.05, 0.1) is 0 Å². The average molecular weight is 308 g/mol. The first-order valence-corrected chi connectivity index (χ1v) is 7.60. The standard InChI is InChI=1S/C19H20N2O2/c1-13-17(6-5-9-20-13)14-7-8-15-11-21(12-16(15)10-14)18(22)23-19(2,3)4/h5-12H,1-4H3. The Morgan fingerprint density at radius 3 is 2.57 bits per heavy atom. The molecule has 0 saturated carbocycles. The molecule has 0 spiro atoms. The third-order valence-corrected chi connectivity index (χ3v) is 3.57. The third kappa shape index (κ3) is 3.26. The Balaban J connectivity index is 1.99. The molecular weight excluding hydrogens is 288 g/mol. The van der Waals surface area contributed by atoms with Gasteiger partial charge in [-0.1, -0.05) is 18.2 Å². The Bertz CT molecular complexity index is 872. The molecule has 0 radical (unpaired) electrons. The van der Waals surface area contributed by atoms with Crippen LogP contribution < -0.4 is 0 Å². The van der Waals surface area contributed by atoms with Gasteiger partial charge in [-0.15, -0.1) is 0 Å². The zero-order valence-electron chi connectivity index (χ0n) is 13.8. The fourth-order valence-corrected chi connectivity index (χ4v) is 2.52. The van der Waals surface area contributed by atoms with Gasteiger partial charge in [-0.3, -0.25) is 9.55 Å². The molecule has 0 bridgehead atoms. The van der Waals surface area contributed by atoms with Crippen molar-refractivity contribution in [3.63, 3.8) is 0 Å². The predicted molar refractivity (Wildman–Crippen MR) is 91.5 cm³/mol. The number of aryl methyl sites for hydroxylation is 1. The molecule has 0 fully saturated rings. The van der Waals surface area contributed by atoms with Crippen LogP contribution in [0.25, 0.3) is 21.9 Å². The van der Waals surface area contributed by atoms with E-state index >= 15 is 0 Å². The van der Waals surface area contributed by atoms with Crippen molar-refractivity contribution in [3.8, 4) is 11.1 Å². The second-order valence-corrected chi connectivity index (χ2v) is 6.63. The lowest BCUT2D eigenvalue weighted by Gasteiger charge is -2.19. The van der Waals surface area contributed by atoms with E-state index in [1.54, 1.807) is 18.6 Å². The molecule has 4 nitrogen and oxygen atoms in total. The van der Waals surface area contributed by atoms with Crippen LogP contribution >= 0.6 is 0 Å². The first-order valence-electron chi connectivity index (χ1n) is 7.60. The Morgan fingerprint density at radius 2 is 1.87 bits per heavy atom. The summed E-state index contributed by atoms with van der Waals surface area (Å²) in [5, 5.41) is 2.00. The number of carbonyl (C=O) groups is 1. The van der Waals surface area contributed by atoms with E-state index in [2.05, 4.69) is 11.1 Å². The minimum absolute atomic E-state index is 0.368. The van der Waals surface area contributed by atoms with E-state index in [1.807, 2.05) is 52.0 Å².